The number of carbonyl (C=O) groups excluding carboxylic acids is 1. The quantitative estimate of drug-likeness (QED) is 0.655. The molecule has 1 aromatic rings. The molecule has 0 saturated heterocycles. The van der Waals surface area contributed by atoms with Gasteiger partial charge in [0.05, 0.1) is 11.6 Å². The monoisotopic (exact) mass is 183 g/mol. The van der Waals surface area contributed by atoms with Crippen molar-refractivity contribution in [1.29, 1.82) is 0 Å². The highest BCUT2D eigenvalue weighted by Gasteiger charge is 2.29. The van der Waals surface area contributed by atoms with E-state index in [1.165, 1.54) is 6.07 Å². The number of fused-ring (bicyclic) bond motifs is 1. The maximum absolute atomic E-state index is 13.0. The third kappa shape index (κ3) is 1.09. The SMILES string of the molecule is CC1C(=O)Nc2c(F)cc(F)cc21. The first-order valence-corrected chi connectivity index (χ1v) is 3.89. The van der Waals surface area contributed by atoms with Crippen LogP contribution in [0.4, 0.5) is 14.5 Å². The van der Waals surface area contributed by atoms with Gasteiger partial charge in [-0.05, 0) is 18.6 Å². The Bertz CT molecular complexity index is 389. The molecule has 0 saturated carbocycles. The highest BCUT2D eigenvalue weighted by molar-refractivity contribution is 6.02. The summed E-state index contributed by atoms with van der Waals surface area (Å²) in [5.41, 5.74) is 0.501. The fourth-order valence-electron chi connectivity index (χ4n) is 1.44. The van der Waals surface area contributed by atoms with E-state index in [4.69, 9.17) is 0 Å². The number of amides is 1. The van der Waals surface area contributed by atoms with Crippen LogP contribution in [-0.4, -0.2) is 5.91 Å². The molecular weight excluding hydrogens is 176 g/mol. The molecule has 1 aromatic carbocycles. The molecular formula is C9H7F2NO. The molecule has 0 aromatic heterocycles. The van der Waals surface area contributed by atoms with E-state index in [1.807, 2.05) is 0 Å². The molecule has 0 radical (unpaired) electrons. The van der Waals surface area contributed by atoms with Gasteiger partial charge in [-0.2, -0.15) is 0 Å². The van der Waals surface area contributed by atoms with Crippen molar-refractivity contribution >= 4 is 11.6 Å². The second-order valence-electron chi connectivity index (χ2n) is 3.06. The Balaban J connectivity index is 2.63. The minimum Gasteiger partial charge on any atom is -0.323 e. The predicted octanol–water partition coefficient (Wildman–Crippen LogP) is 2.02. The van der Waals surface area contributed by atoms with E-state index < -0.39 is 17.6 Å². The van der Waals surface area contributed by atoms with E-state index in [1.54, 1.807) is 6.92 Å². The van der Waals surface area contributed by atoms with Gasteiger partial charge in [-0.25, -0.2) is 8.78 Å². The van der Waals surface area contributed by atoms with E-state index in [0.29, 0.717) is 5.56 Å². The predicted molar refractivity (Wildman–Crippen MR) is 43.4 cm³/mol. The van der Waals surface area contributed by atoms with Crippen molar-refractivity contribution < 1.29 is 13.6 Å². The van der Waals surface area contributed by atoms with Gasteiger partial charge in [0, 0.05) is 6.07 Å². The second-order valence-corrected chi connectivity index (χ2v) is 3.06. The molecule has 1 heterocycles. The van der Waals surface area contributed by atoms with Crippen LogP contribution in [0, 0.1) is 11.6 Å². The first kappa shape index (κ1) is 8.16. The molecule has 1 N–H and O–H groups in total. The summed E-state index contributed by atoms with van der Waals surface area (Å²) in [5.74, 6) is -2.13. The summed E-state index contributed by atoms with van der Waals surface area (Å²) < 4.78 is 25.8. The van der Waals surface area contributed by atoms with Gasteiger partial charge in [0.2, 0.25) is 5.91 Å². The summed E-state index contributed by atoms with van der Waals surface area (Å²) in [6.07, 6.45) is 0. The van der Waals surface area contributed by atoms with Crippen LogP contribution < -0.4 is 5.32 Å². The molecule has 68 valence electrons. The summed E-state index contributed by atoms with van der Waals surface area (Å²) >= 11 is 0. The average molecular weight is 183 g/mol. The topological polar surface area (TPSA) is 29.1 Å². The van der Waals surface area contributed by atoms with Crippen molar-refractivity contribution in [3.63, 3.8) is 0 Å². The molecule has 2 rings (SSSR count). The third-order valence-corrected chi connectivity index (χ3v) is 2.19. The number of halogens is 2. The summed E-state index contributed by atoms with van der Waals surface area (Å²) in [7, 11) is 0. The fraction of sp³-hybridized carbons (Fsp3) is 0.222. The van der Waals surface area contributed by atoms with Gasteiger partial charge >= 0.3 is 0 Å². The lowest BCUT2D eigenvalue weighted by molar-refractivity contribution is -0.116. The molecule has 0 aliphatic carbocycles. The zero-order valence-electron chi connectivity index (χ0n) is 6.90. The van der Waals surface area contributed by atoms with Gasteiger partial charge in [-0.15, -0.1) is 0 Å². The van der Waals surface area contributed by atoms with Crippen LogP contribution in [0.25, 0.3) is 0 Å². The molecule has 4 heteroatoms. The molecule has 1 aliphatic heterocycles. The molecule has 13 heavy (non-hydrogen) atoms. The standard InChI is InChI=1S/C9H7F2NO/c1-4-6-2-5(10)3-7(11)8(6)12-9(4)13/h2-4H,1H3,(H,12,13). The third-order valence-electron chi connectivity index (χ3n) is 2.19. The van der Waals surface area contributed by atoms with Crippen molar-refractivity contribution in [3.8, 4) is 0 Å². The first-order valence-electron chi connectivity index (χ1n) is 3.89. The molecule has 0 fully saturated rings. The van der Waals surface area contributed by atoms with Crippen LogP contribution in [0.5, 0.6) is 0 Å². The zero-order chi connectivity index (χ0) is 9.59. The molecule has 1 unspecified atom stereocenters. The number of carbonyl (C=O) groups is 1. The largest absolute Gasteiger partial charge is 0.323 e. The summed E-state index contributed by atoms with van der Waals surface area (Å²) in [6.45, 7) is 1.61. The number of hydrogen-bond acceptors (Lipinski definition) is 1. The molecule has 1 amide bonds. The van der Waals surface area contributed by atoms with E-state index in [2.05, 4.69) is 5.32 Å². The van der Waals surface area contributed by atoms with Crippen molar-refractivity contribution in [1.82, 2.24) is 0 Å². The molecule has 1 aliphatic rings. The Morgan fingerprint density at radius 1 is 1.38 bits per heavy atom. The summed E-state index contributed by atoms with van der Waals surface area (Å²) in [6, 6.07) is 1.94. The molecule has 1 atom stereocenters. The lowest BCUT2D eigenvalue weighted by Gasteiger charge is -2.01. The Kier molecular flexibility index (Phi) is 1.58. The Hall–Kier alpha value is -1.45. The molecule has 2 nitrogen and oxygen atoms in total. The maximum Gasteiger partial charge on any atom is 0.231 e. The van der Waals surface area contributed by atoms with Crippen LogP contribution in [0.1, 0.15) is 18.4 Å². The van der Waals surface area contributed by atoms with Gasteiger partial charge < -0.3 is 5.32 Å². The van der Waals surface area contributed by atoms with Crippen LogP contribution >= 0.6 is 0 Å². The zero-order valence-corrected chi connectivity index (χ0v) is 6.90. The Labute approximate surface area is 73.6 Å². The normalized spacial score (nSPS) is 19.9. The van der Waals surface area contributed by atoms with Crippen molar-refractivity contribution in [2.75, 3.05) is 5.32 Å². The highest BCUT2D eigenvalue weighted by Crippen LogP contribution is 2.34. The number of anilines is 1. The smallest absolute Gasteiger partial charge is 0.231 e. The second kappa shape index (κ2) is 2.52. The lowest BCUT2D eigenvalue weighted by Crippen LogP contribution is -2.08. The van der Waals surface area contributed by atoms with E-state index >= 15 is 0 Å². The van der Waals surface area contributed by atoms with Crippen LogP contribution in [0.15, 0.2) is 12.1 Å². The summed E-state index contributed by atoms with van der Waals surface area (Å²) in [5, 5.41) is 2.36. The highest BCUT2D eigenvalue weighted by atomic mass is 19.1. The van der Waals surface area contributed by atoms with Gasteiger partial charge in [-0.3, -0.25) is 4.79 Å². The van der Waals surface area contributed by atoms with E-state index in [-0.39, 0.29) is 11.6 Å². The van der Waals surface area contributed by atoms with Gasteiger partial charge in [-0.1, -0.05) is 0 Å². The van der Waals surface area contributed by atoms with E-state index in [9.17, 15) is 13.6 Å². The maximum atomic E-state index is 13.0. The average Bonchev–Trinajstić information content (AvgIpc) is 2.32. The Morgan fingerprint density at radius 3 is 2.77 bits per heavy atom. The van der Waals surface area contributed by atoms with Crippen LogP contribution in [0.3, 0.4) is 0 Å². The van der Waals surface area contributed by atoms with Gasteiger partial charge in [0.1, 0.15) is 11.6 Å². The van der Waals surface area contributed by atoms with Crippen LogP contribution in [0.2, 0.25) is 0 Å². The molecule has 0 bridgehead atoms. The fourth-order valence-corrected chi connectivity index (χ4v) is 1.44. The molecule has 0 spiro atoms. The first-order chi connectivity index (χ1) is 6.09. The number of benzene rings is 1. The van der Waals surface area contributed by atoms with Gasteiger partial charge in [0.25, 0.3) is 0 Å². The van der Waals surface area contributed by atoms with Gasteiger partial charge in [0.15, 0.2) is 0 Å². The number of rotatable bonds is 0. The summed E-state index contributed by atoms with van der Waals surface area (Å²) in [4.78, 5) is 11.1. The van der Waals surface area contributed by atoms with Crippen molar-refractivity contribution in [2.24, 2.45) is 0 Å². The minimum atomic E-state index is -0.715. The van der Waals surface area contributed by atoms with Crippen molar-refractivity contribution in [3.05, 3.63) is 29.3 Å². The van der Waals surface area contributed by atoms with Crippen molar-refractivity contribution in [2.45, 2.75) is 12.8 Å². The number of hydrogen-bond donors (Lipinski definition) is 1. The Morgan fingerprint density at radius 2 is 2.08 bits per heavy atom. The van der Waals surface area contributed by atoms with Crippen LogP contribution in [-0.2, 0) is 4.79 Å². The van der Waals surface area contributed by atoms with E-state index in [0.717, 1.165) is 6.07 Å². The number of nitrogens with one attached hydrogen (secondary N) is 1. The lowest BCUT2D eigenvalue weighted by atomic mass is 10.0. The minimum absolute atomic E-state index is 0.110.